The third-order valence-electron chi connectivity index (χ3n) is 3.12. The third-order valence-corrected chi connectivity index (χ3v) is 3.12. The Hall–Kier alpha value is -1.36. The van der Waals surface area contributed by atoms with Crippen molar-refractivity contribution >= 4 is 11.6 Å². The number of nitrogens with zero attached hydrogens (tertiary/aromatic N) is 2. The van der Waals surface area contributed by atoms with Gasteiger partial charge in [-0.1, -0.05) is 0 Å². The Bertz CT molecular complexity index is 399. The summed E-state index contributed by atoms with van der Waals surface area (Å²) in [5, 5.41) is 7.10. The first-order valence-electron chi connectivity index (χ1n) is 5.63. The van der Waals surface area contributed by atoms with Crippen LogP contribution in [0.2, 0.25) is 0 Å². The fraction of sp³-hybridized carbons (Fsp3) is 0.636. The van der Waals surface area contributed by atoms with Crippen LogP contribution in [0.25, 0.3) is 0 Å². The fourth-order valence-corrected chi connectivity index (χ4v) is 2.21. The molecule has 0 aliphatic heterocycles. The number of nitrogens with one attached hydrogen (secondary N) is 1. The van der Waals surface area contributed by atoms with E-state index in [1.54, 1.807) is 4.68 Å². The van der Waals surface area contributed by atoms with Crippen LogP contribution in [0.1, 0.15) is 25.0 Å². The van der Waals surface area contributed by atoms with Gasteiger partial charge in [0.25, 0.3) is 0 Å². The molecule has 1 amide bonds. The zero-order valence-electron chi connectivity index (χ0n) is 9.73. The predicted octanol–water partition coefficient (Wildman–Crippen LogP) is 0.794. The minimum atomic E-state index is 0.0645. The Morgan fingerprint density at radius 1 is 1.62 bits per heavy atom. The van der Waals surface area contributed by atoms with E-state index in [0.717, 1.165) is 30.6 Å². The van der Waals surface area contributed by atoms with Crippen LogP contribution in [0.15, 0.2) is 6.20 Å². The summed E-state index contributed by atoms with van der Waals surface area (Å²) in [5.41, 5.74) is 7.44. The van der Waals surface area contributed by atoms with Crippen molar-refractivity contribution in [1.29, 1.82) is 0 Å². The van der Waals surface area contributed by atoms with Gasteiger partial charge in [-0.3, -0.25) is 9.48 Å². The number of aromatic nitrogens is 2. The molecule has 1 aliphatic carbocycles. The second kappa shape index (κ2) is 4.25. The second-order valence-corrected chi connectivity index (χ2v) is 4.56. The lowest BCUT2D eigenvalue weighted by molar-refractivity contribution is -0.119. The molecule has 5 heteroatoms. The van der Waals surface area contributed by atoms with Gasteiger partial charge in [-0.25, -0.2) is 0 Å². The van der Waals surface area contributed by atoms with E-state index >= 15 is 0 Å². The largest absolute Gasteiger partial charge is 0.328 e. The number of hydrogen-bond acceptors (Lipinski definition) is 3. The minimum Gasteiger partial charge on any atom is -0.328 e. The number of carbonyl (C=O) groups excluding carboxylic acids is 1. The lowest BCUT2D eigenvalue weighted by Gasteiger charge is -2.09. The van der Waals surface area contributed by atoms with Crippen LogP contribution in [0.4, 0.5) is 5.69 Å². The molecule has 1 aromatic rings. The van der Waals surface area contributed by atoms with Gasteiger partial charge in [0, 0.05) is 25.2 Å². The number of rotatable bonds is 2. The van der Waals surface area contributed by atoms with Crippen molar-refractivity contribution in [1.82, 2.24) is 9.78 Å². The van der Waals surface area contributed by atoms with Gasteiger partial charge in [-0.15, -0.1) is 0 Å². The summed E-state index contributed by atoms with van der Waals surface area (Å²) in [5.74, 6) is 0.138. The van der Waals surface area contributed by atoms with Crippen molar-refractivity contribution in [2.45, 2.75) is 32.2 Å². The molecule has 16 heavy (non-hydrogen) atoms. The number of aryl methyl sites for hydroxylation is 2. The summed E-state index contributed by atoms with van der Waals surface area (Å²) in [6, 6.07) is 0.186. The monoisotopic (exact) mass is 222 g/mol. The summed E-state index contributed by atoms with van der Waals surface area (Å²) >= 11 is 0. The molecule has 3 N–H and O–H groups in total. The van der Waals surface area contributed by atoms with Crippen molar-refractivity contribution in [2.75, 3.05) is 5.32 Å². The Morgan fingerprint density at radius 2 is 2.38 bits per heavy atom. The summed E-state index contributed by atoms with van der Waals surface area (Å²) in [7, 11) is 1.84. The van der Waals surface area contributed by atoms with Gasteiger partial charge in [0.15, 0.2) is 0 Å². The van der Waals surface area contributed by atoms with E-state index in [1.165, 1.54) is 0 Å². The maximum Gasteiger partial charge on any atom is 0.227 e. The quantitative estimate of drug-likeness (QED) is 0.777. The van der Waals surface area contributed by atoms with Gasteiger partial charge in [-0.2, -0.15) is 5.10 Å². The maximum absolute atomic E-state index is 11.9. The van der Waals surface area contributed by atoms with Crippen LogP contribution < -0.4 is 11.1 Å². The number of carbonyl (C=O) groups is 1. The molecule has 0 radical (unpaired) electrons. The molecule has 88 valence electrons. The van der Waals surface area contributed by atoms with Gasteiger partial charge >= 0.3 is 0 Å². The first-order valence-corrected chi connectivity index (χ1v) is 5.63. The number of nitrogens with two attached hydrogens (primary N) is 1. The first-order chi connectivity index (χ1) is 7.56. The summed E-state index contributed by atoms with van der Waals surface area (Å²) in [6.45, 7) is 1.88. The Kier molecular flexibility index (Phi) is 2.96. The van der Waals surface area contributed by atoms with Crippen LogP contribution in [0, 0.1) is 12.8 Å². The van der Waals surface area contributed by atoms with Crippen molar-refractivity contribution in [3.05, 3.63) is 11.9 Å². The van der Waals surface area contributed by atoms with E-state index in [9.17, 15) is 4.79 Å². The average Bonchev–Trinajstić information content (AvgIpc) is 2.74. The first kappa shape index (κ1) is 11.1. The van der Waals surface area contributed by atoms with Gasteiger partial charge in [0.2, 0.25) is 5.91 Å². The molecular formula is C11H18N4O. The zero-order chi connectivity index (χ0) is 11.7. The van der Waals surface area contributed by atoms with Crippen molar-refractivity contribution in [3.63, 3.8) is 0 Å². The standard InChI is InChI=1S/C11H18N4O/c1-7-10(6-15(2)14-7)13-11(16)8-3-4-9(12)5-8/h6,8-9H,3-5,12H2,1-2H3,(H,13,16). The highest BCUT2D eigenvalue weighted by Crippen LogP contribution is 2.25. The van der Waals surface area contributed by atoms with Gasteiger partial charge in [0.1, 0.15) is 0 Å². The molecule has 2 rings (SSSR count). The number of amides is 1. The molecule has 1 heterocycles. The van der Waals surface area contributed by atoms with Crippen LogP contribution >= 0.6 is 0 Å². The smallest absolute Gasteiger partial charge is 0.227 e. The van der Waals surface area contributed by atoms with E-state index in [4.69, 9.17) is 5.73 Å². The Morgan fingerprint density at radius 3 is 2.88 bits per heavy atom. The highest BCUT2D eigenvalue weighted by Gasteiger charge is 2.28. The number of hydrogen-bond donors (Lipinski definition) is 2. The molecule has 0 spiro atoms. The molecule has 0 aromatic carbocycles. The fourth-order valence-electron chi connectivity index (χ4n) is 2.21. The molecule has 0 saturated heterocycles. The zero-order valence-corrected chi connectivity index (χ0v) is 9.73. The predicted molar refractivity (Wildman–Crippen MR) is 61.9 cm³/mol. The SMILES string of the molecule is Cc1nn(C)cc1NC(=O)C1CCC(N)C1. The van der Waals surface area contributed by atoms with E-state index < -0.39 is 0 Å². The number of anilines is 1. The van der Waals surface area contributed by atoms with E-state index in [2.05, 4.69) is 10.4 Å². The van der Waals surface area contributed by atoms with Crippen LogP contribution in [-0.4, -0.2) is 21.7 Å². The van der Waals surface area contributed by atoms with Gasteiger partial charge in [-0.05, 0) is 26.2 Å². The third kappa shape index (κ3) is 2.24. The molecule has 1 aromatic heterocycles. The second-order valence-electron chi connectivity index (χ2n) is 4.56. The molecular weight excluding hydrogens is 204 g/mol. The minimum absolute atomic E-state index is 0.0645. The highest BCUT2D eigenvalue weighted by molar-refractivity contribution is 5.93. The molecule has 1 aliphatic rings. The van der Waals surface area contributed by atoms with Crippen molar-refractivity contribution < 1.29 is 4.79 Å². The molecule has 2 atom stereocenters. The molecule has 5 nitrogen and oxygen atoms in total. The van der Waals surface area contributed by atoms with Crippen LogP contribution in [-0.2, 0) is 11.8 Å². The summed E-state index contributed by atoms with van der Waals surface area (Å²) in [6.07, 6.45) is 4.46. The molecule has 0 bridgehead atoms. The Labute approximate surface area is 95.0 Å². The van der Waals surface area contributed by atoms with Crippen LogP contribution in [0.3, 0.4) is 0 Å². The normalized spacial score (nSPS) is 24.7. The van der Waals surface area contributed by atoms with Crippen molar-refractivity contribution in [3.8, 4) is 0 Å². The van der Waals surface area contributed by atoms with Crippen LogP contribution in [0.5, 0.6) is 0 Å². The van der Waals surface area contributed by atoms with E-state index in [0.29, 0.717) is 0 Å². The topological polar surface area (TPSA) is 72.9 Å². The highest BCUT2D eigenvalue weighted by atomic mass is 16.1. The summed E-state index contributed by atoms with van der Waals surface area (Å²) < 4.78 is 1.70. The average molecular weight is 222 g/mol. The summed E-state index contributed by atoms with van der Waals surface area (Å²) in [4.78, 5) is 11.9. The lowest BCUT2D eigenvalue weighted by Crippen LogP contribution is -2.23. The lowest BCUT2D eigenvalue weighted by atomic mass is 10.1. The maximum atomic E-state index is 11.9. The molecule has 1 saturated carbocycles. The van der Waals surface area contributed by atoms with E-state index in [1.807, 2.05) is 20.2 Å². The Balaban J connectivity index is 1.99. The van der Waals surface area contributed by atoms with Crippen molar-refractivity contribution in [2.24, 2.45) is 18.7 Å². The van der Waals surface area contributed by atoms with Gasteiger partial charge in [0.05, 0.1) is 11.4 Å². The molecule has 2 unspecified atom stereocenters. The molecule has 1 fully saturated rings. The van der Waals surface area contributed by atoms with Gasteiger partial charge < -0.3 is 11.1 Å². The van der Waals surface area contributed by atoms with E-state index in [-0.39, 0.29) is 17.9 Å².